The highest BCUT2D eigenvalue weighted by Crippen LogP contribution is 2.25. The fraction of sp³-hybridized carbons (Fsp3) is 0.538. The largest absolute Gasteiger partial charge is 0.394 e. The fourth-order valence-electron chi connectivity index (χ4n) is 2.17. The highest BCUT2D eigenvalue weighted by molar-refractivity contribution is 7.89. The van der Waals surface area contributed by atoms with Gasteiger partial charge < -0.3 is 9.84 Å². The minimum atomic E-state index is -3.94. The summed E-state index contributed by atoms with van der Waals surface area (Å²) in [7, 11) is -3.94. The molecule has 0 aliphatic carbocycles. The summed E-state index contributed by atoms with van der Waals surface area (Å²) in [5.74, 6) is -0.769. The Hall–Kier alpha value is -1.02. The van der Waals surface area contributed by atoms with E-state index in [9.17, 15) is 12.8 Å². The van der Waals surface area contributed by atoms with Gasteiger partial charge in [-0.3, -0.25) is 0 Å². The molecule has 20 heavy (non-hydrogen) atoms. The third kappa shape index (κ3) is 2.85. The maximum atomic E-state index is 13.8. The molecule has 1 heterocycles. The molecule has 0 amide bonds. The zero-order valence-electron chi connectivity index (χ0n) is 11.4. The van der Waals surface area contributed by atoms with Crippen LogP contribution in [0.15, 0.2) is 23.1 Å². The van der Waals surface area contributed by atoms with Gasteiger partial charge >= 0.3 is 0 Å². The van der Waals surface area contributed by atoms with E-state index in [1.165, 1.54) is 16.4 Å². The quantitative estimate of drug-likeness (QED) is 0.901. The van der Waals surface area contributed by atoms with E-state index in [0.29, 0.717) is 5.56 Å². The average Bonchev–Trinajstić information content (AvgIpc) is 2.41. The van der Waals surface area contributed by atoms with Gasteiger partial charge in [0.05, 0.1) is 19.3 Å². The summed E-state index contributed by atoms with van der Waals surface area (Å²) in [6.07, 6.45) is -0.575. The summed E-state index contributed by atoms with van der Waals surface area (Å²) in [5.41, 5.74) is 0.671. The summed E-state index contributed by atoms with van der Waals surface area (Å²) in [4.78, 5) is -0.331. The number of ether oxygens (including phenoxy) is 1. The Kier molecular flexibility index (Phi) is 4.43. The predicted molar refractivity (Wildman–Crippen MR) is 71.3 cm³/mol. The molecule has 1 aromatic carbocycles. The molecule has 2 rings (SSSR count). The van der Waals surface area contributed by atoms with Crippen LogP contribution in [0.3, 0.4) is 0 Å². The van der Waals surface area contributed by atoms with Gasteiger partial charge in [0.1, 0.15) is 10.7 Å². The average molecular weight is 303 g/mol. The van der Waals surface area contributed by atoms with Crippen LogP contribution in [0.4, 0.5) is 4.39 Å². The van der Waals surface area contributed by atoms with Crippen molar-refractivity contribution in [1.29, 1.82) is 0 Å². The summed E-state index contributed by atoms with van der Waals surface area (Å²) in [6, 6.07) is 3.59. The molecular formula is C13H18FNO4S. The molecule has 7 heteroatoms. The van der Waals surface area contributed by atoms with Crippen molar-refractivity contribution in [2.45, 2.75) is 30.9 Å². The van der Waals surface area contributed by atoms with Crippen LogP contribution in [0.25, 0.3) is 0 Å². The van der Waals surface area contributed by atoms with Gasteiger partial charge in [0, 0.05) is 12.6 Å². The monoisotopic (exact) mass is 303 g/mol. The van der Waals surface area contributed by atoms with Crippen molar-refractivity contribution in [2.75, 3.05) is 19.8 Å². The fourth-order valence-corrected chi connectivity index (χ4v) is 3.97. The second-order valence-corrected chi connectivity index (χ2v) is 6.85. The number of aliphatic hydroxyl groups is 1. The second kappa shape index (κ2) is 5.77. The Morgan fingerprint density at radius 2 is 2.20 bits per heavy atom. The van der Waals surface area contributed by atoms with E-state index < -0.39 is 28.0 Å². The number of rotatable bonds is 3. The minimum absolute atomic E-state index is 0.0212. The van der Waals surface area contributed by atoms with E-state index in [1.54, 1.807) is 13.8 Å². The van der Waals surface area contributed by atoms with E-state index in [1.807, 2.05) is 0 Å². The highest BCUT2D eigenvalue weighted by atomic mass is 32.2. The lowest BCUT2D eigenvalue weighted by molar-refractivity contribution is -0.0516. The van der Waals surface area contributed by atoms with Gasteiger partial charge in [0.25, 0.3) is 0 Å². The first kappa shape index (κ1) is 15.4. The van der Waals surface area contributed by atoms with Gasteiger partial charge in [-0.15, -0.1) is 0 Å². The topological polar surface area (TPSA) is 66.8 Å². The lowest BCUT2D eigenvalue weighted by Crippen LogP contribution is -2.52. The molecule has 5 nitrogen and oxygen atoms in total. The van der Waals surface area contributed by atoms with Crippen molar-refractivity contribution >= 4 is 10.0 Å². The molecule has 0 spiro atoms. The number of hydrogen-bond acceptors (Lipinski definition) is 4. The standard InChI is InChI=1S/C13H18FNO4S/c1-9-3-4-12(14)13(5-9)20(17,18)15-6-11(7-16)19-8-10(15)2/h3-5,10-11,16H,6-8H2,1-2H3. The molecule has 112 valence electrons. The van der Waals surface area contributed by atoms with E-state index in [4.69, 9.17) is 9.84 Å². The van der Waals surface area contributed by atoms with Crippen molar-refractivity contribution in [2.24, 2.45) is 0 Å². The predicted octanol–water partition coefficient (Wildman–Crippen LogP) is 0.904. The van der Waals surface area contributed by atoms with Gasteiger partial charge in [0.2, 0.25) is 10.0 Å². The Balaban J connectivity index is 2.40. The van der Waals surface area contributed by atoms with Crippen LogP contribution in [-0.4, -0.2) is 49.7 Å². The second-order valence-electron chi connectivity index (χ2n) is 5.00. The SMILES string of the molecule is Cc1ccc(F)c(S(=O)(=O)N2CC(CO)OCC2C)c1. The third-order valence-electron chi connectivity index (χ3n) is 3.33. The number of aryl methyl sites for hydroxylation is 1. The number of hydrogen-bond donors (Lipinski definition) is 1. The highest BCUT2D eigenvalue weighted by Gasteiger charge is 2.36. The van der Waals surface area contributed by atoms with Crippen molar-refractivity contribution in [3.63, 3.8) is 0 Å². The number of halogens is 1. The van der Waals surface area contributed by atoms with Gasteiger partial charge in [-0.05, 0) is 31.5 Å². The molecule has 1 saturated heterocycles. The first-order valence-electron chi connectivity index (χ1n) is 6.36. The van der Waals surface area contributed by atoms with Gasteiger partial charge in [0.15, 0.2) is 0 Å². The molecule has 1 aliphatic rings. The molecule has 1 aliphatic heterocycles. The molecule has 1 aromatic rings. The van der Waals surface area contributed by atoms with E-state index in [2.05, 4.69) is 0 Å². The molecule has 2 atom stereocenters. The molecule has 0 radical (unpaired) electrons. The van der Waals surface area contributed by atoms with Gasteiger partial charge in [-0.2, -0.15) is 4.31 Å². The Labute approximate surface area is 118 Å². The first-order valence-corrected chi connectivity index (χ1v) is 7.80. The lowest BCUT2D eigenvalue weighted by Gasteiger charge is -2.36. The normalized spacial score (nSPS) is 24.8. The minimum Gasteiger partial charge on any atom is -0.394 e. The van der Waals surface area contributed by atoms with Crippen LogP contribution in [0.1, 0.15) is 12.5 Å². The molecule has 0 saturated carbocycles. The molecule has 2 unspecified atom stereocenters. The van der Waals surface area contributed by atoms with Crippen molar-refractivity contribution in [1.82, 2.24) is 4.31 Å². The summed E-state index contributed by atoms with van der Waals surface area (Å²) >= 11 is 0. The van der Waals surface area contributed by atoms with Crippen molar-refractivity contribution in [3.8, 4) is 0 Å². The maximum Gasteiger partial charge on any atom is 0.246 e. The third-order valence-corrected chi connectivity index (χ3v) is 5.32. The maximum absolute atomic E-state index is 13.8. The van der Waals surface area contributed by atoms with Crippen LogP contribution in [0.2, 0.25) is 0 Å². The van der Waals surface area contributed by atoms with Gasteiger partial charge in [-0.25, -0.2) is 12.8 Å². The number of benzene rings is 1. The number of aliphatic hydroxyl groups excluding tert-OH is 1. The number of sulfonamides is 1. The smallest absolute Gasteiger partial charge is 0.246 e. The van der Waals surface area contributed by atoms with Gasteiger partial charge in [-0.1, -0.05) is 6.07 Å². The van der Waals surface area contributed by atoms with E-state index >= 15 is 0 Å². The van der Waals surface area contributed by atoms with Crippen LogP contribution in [0, 0.1) is 12.7 Å². The molecule has 0 aromatic heterocycles. The Morgan fingerprint density at radius 3 is 2.85 bits per heavy atom. The molecule has 1 N–H and O–H groups in total. The Morgan fingerprint density at radius 1 is 1.50 bits per heavy atom. The number of morpholine rings is 1. The van der Waals surface area contributed by atoms with Crippen molar-refractivity contribution < 1.29 is 22.7 Å². The molecular weight excluding hydrogens is 285 g/mol. The van der Waals surface area contributed by atoms with Crippen LogP contribution < -0.4 is 0 Å². The zero-order valence-corrected chi connectivity index (χ0v) is 12.2. The molecule has 0 bridgehead atoms. The van der Waals surface area contributed by atoms with E-state index in [0.717, 1.165) is 6.07 Å². The first-order chi connectivity index (χ1) is 9.36. The number of nitrogens with zero attached hydrogens (tertiary/aromatic N) is 1. The summed E-state index contributed by atoms with van der Waals surface area (Å²) in [5, 5.41) is 9.11. The van der Waals surface area contributed by atoms with E-state index in [-0.39, 0.29) is 24.7 Å². The van der Waals surface area contributed by atoms with Crippen LogP contribution in [0.5, 0.6) is 0 Å². The Bertz CT molecular complexity index is 590. The lowest BCUT2D eigenvalue weighted by atomic mass is 10.2. The van der Waals surface area contributed by atoms with Crippen LogP contribution >= 0.6 is 0 Å². The van der Waals surface area contributed by atoms with Crippen LogP contribution in [-0.2, 0) is 14.8 Å². The molecule has 1 fully saturated rings. The summed E-state index contributed by atoms with van der Waals surface area (Å²) < 4.78 is 45.5. The summed E-state index contributed by atoms with van der Waals surface area (Å²) in [6.45, 7) is 3.33. The zero-order chi connectivity index (χ0) is 14.9. The van der Waals surface area contributed by atoms with Crippen molar-refractivity contribution in [3.05, 3.63) is 29.6 Å².